The van der Waals surface area contributed by atoms with Crippen LogP contribution >= 0.6 is 15.9 Å². The smallest absolute Gasteiger partial charge is 0.313 e. The number of halogens is 1. The molecule has 0 spiro atoms. The highest BCUT2D eigenvalue weighted by Gasteiger charge is 2.16. The van der Waals surface area contributed by atoms with Crippen molar-refractivity contribution >= 4 is 32.7 Å². The van der Waals surface area contributed by atoms with Gasteiger partial charge in [0, 0.05) is 5.33 Å². The van der Waals surface area contributed by atoms with E-state index in [4.69, 9.17) is 9.84 Å². The summed E-state index contributed by atoms with van der Waals surface area (Å²) < 4.78 is 5.14. The number of alkyl halides is 1. The first-order valence-electron chi connectivity index (χ1n) is 6.51. The molecule has 4 heteroatoms. The van der Waals surface area contributed by atoms with Gasteiger partial charge in [0.2, 0.25) is 0 Å². The Kier molecular flexibility index (Phi) is 5.15. The molecule has 0 aliphatic rings. The summed E-state index contributed by atoms with van der Waals surface area (Å²) in [6.07, 6.45) is 0. The molecule has 0 radical (unpaired) electrons. The number of aliphatic hydroxyl groups excluding tert-OH is 1. The molecular formula is C16H17BrO3. The lowest BCUT2D eigenvalue weighted by Crippen LogP contribution is -2.14. The molecule has 2 aromatic rings. The summed E-state index contributed by atoms with van der Waals surface area (Å²) in [7, 11) is 0. The summed E-state index contributed by atoms with van der Waals surface area (Å²) in [5.41, 5.74) is 1.82. The van der Waals surface area contributed by atoms with Crippen molar-refractivity contribution in [2.75, 3.05) is 11.9 Å². The standard InChI is InChI=1S/C16H17BrO3/c1-11(16(19)20-7-6-17)13-4-5-14-8-12(10-18)2-3-15(14)9-13/h2-5,8-9,11,18H,6-7,10H2,1H3. The van der Waals surface area contributed by atoms with Gasteiger partial charge in [-0.3, -0.25) is 4.79 Å². The summed E-state index contributed by atoms with van der Waals surface area (Å²) in [5, 5.41) is 11.9. The molecular weight excluding hydrogens is 320 g/mol. The Bertz CT molecular complexity index is 610. The monoisotopic (exact) mass is 336 g/mol. The average molecular weight is 337 g/mol. The molecule has 0 fully saturated rings. The zero-order valence-corrected chi connectivity index (χ0v) is 12.9. The van der Waals surface area contributed by atoms with E-state index < -0.39 is 0 Å². The Morgan fingerprint density at radius 2 is 1.95 bits per heavy atom. The molecule has 0 aromatic heterocycles. The molecule has 1 atom stereocenters. The molecule has 0 saturated carbocycles. The van der Waals surface area contributed by atoms with Crippen molar-refractivity contribution in [3.05, 3.63) is 47.5 Å². The van der Waals surface area contributed by atoms with Crippen LogP contribution in [-0.2, 0) is 16.1 Å². The Balaban J connectivity index is 2.25. The summed E-state index contributed by atoms with van der Waals surface area (Å²) in [6, 6.07) is 11.7. The van der Waals surface area contributed by atoms with E-state index in [0.717, 1.165) is 21.9 Å². The number of ether oxygens (including phenoxy) is 1. The molecule has 0 aliphatic heterocycles. The van der Waals surface area contributed by atoms with Crippen LogP contribution in [0.25, 0.3) is 10.8 Å². The number of aliphatic hydroxyl groups is 1. The van der Waals surface area contributed by atoms with Crippen molar-refractivity contribution in [2.24, 2.45) is 0 Å². The second-order valence-corrected chi connectivity index (χ2v) is 5.47. The van der Waals surface area contributed by atoms with E-state index in [2.05, 4.69) is 15.9 Å². The maximum Gasteiger partial charge on any atom is 0.313 e. The Labute approximate surface area is 126 Å². The van der Waals surface area contributed by atoms with Gasteiger partial charge in [-0.2, -0.15) is 0 Å². The van der Waals surface area contributed by atoms with Gasteiger partial charge in [0.15, 0.2) is 0 Å². The number of benzene rings is 2. The molecule has 0 saturated heterocycles. The lowest BCUT2D eigenvalue weighted by Gasteiger charge is -2.12. The summed E-state index contributed by atoms with van der Waals surface area (Å²) in [6.45, 7) is 2.27. The molecule has 1 unspecified atom stereocenters. The second-order valence-electron chi connectivity index (χ2n) is 4.68. The van der Waals surface area contributed by atoms with Crippen LogP contribution in [-0.4, -0.2) is 23.0 Å². The van der Waals surface area contributed by atoms with E-state index >= 15 is 0 Å². The third-order valence-corrected chi connectivity index (χ3v) is 3.61. The molecule has 0 amide bonds. The van der Waals surface area contributed by atoms with Gasteiger partial charge in [-0.25, -0.2) is 0 Å². The number of carbonyl (C=O) groups is 1. The van der Waals surface area contributed by atoms with Crippen LogP contribution in [0.3, 0.4) is 0 Å². The summed E-state index contributed by atoms with van der Waals surface area (Å²) >= 11 is 3.23. The minimum Gasteiger partial charge on any atom is -0.464 e. The van der Waals surface area contributed by atoms with Crippen LogP contribution in [0.5, 0.6) is 0 Å². The summed E-state index contributed by atoms with van der Waals surface area (Å²) in [4.78, 5) is 11.9. The third-order valence-electron chi connectivity index (χ3n) is 3.29. The Morgan fingerprint density at radius 3 is 2.65 bits per heavy atom. The molecule has 3 nitrogen and oxygen atoms in total. The van der Waals surface area contributed by atoms with Gasteiger partial charge in [-0.15, -0.1) is 0 Å². The van der Waals surface area contributed by atoms with E-state index in [1.54, 1.807) is 0 Å². The van der Waals surface area contributed by atoms with Crippen molar-refractivity contribution in [2.45, 2.75) is 19.4 Å². The lowest BCUT2D eigenvalue weighted by atomic mass is 9.97. The van der Waals surface area contributed by atoms with Gasteiger partial charge in [0.25, 0.3) is 0 Å². The van der Waals surface area contributed by atoms with Crippen LogP contribution < -0.4 is 0 Å². The van der Waals surface area contributed by atoms with Gasteiger partial charge >= 0.3 is 5.97 Å². The van der Waals surface area contributed by atoms with Crippen LogP contribution in [0.15, 0.2) is 36.4 Å². The Morgan fingerprint density at radius 1 is 1.25 bits per heavy atom. The van der Waals surface area contributed by atoms with Crippen molar-refractivity contribution < 1.29 is 14.6 Å². The van der Waals surface area contributed by atoms with E-state index in [-0.39, 0.29) is 18.5 Å². The maximum absolute atomic E-state index is 11.9. The van der Waals surface area contributed by atoms with Crippen LogP contribution in [0.1, 0.15) is 24.0 Å². The first-order valence-corrected chi connectivity index (χ1v) is 7.64. The largest absolute Gasteiger partial charge is 0.464 e. The molecule has 2 rings (SSSR count). The Hall–Kier alpha value is -1.39. The number of esters is 1. The van der Waals surface area contributed by atoms with Crippen LogP contribution in [0.4, 0.5) is 0 Å². The first-order chi connectivity index (χ1) is 9.65. The minimum atomic E-state index is -0.282. The predicted molar refractivity (Wildman–Crippen MR) is 83.0 cm³/mol. The van der Waals surface area contributed by atoms with Crippen molar-refractivity contribution in [3.63, 3.8) is 0 Å². The third kappa shape index (κ3) is 3.38. The molecule has 106 valence electrons. The van der Waals surface area contributed by atoms with Crippen molar-refractivity contribution in [1.29, 1.82) is 0 Å². The molecule has 0 bridgehead atoms. The molecule has 0 heterocycles. The number of rotatable bonds is 5. The molecule has 2 aromatic carbocycles. The van der Waals surface area contributed by atoms with Crippen molar-refractivity contribution in [3.8, 4) is 0 Å². The average Bonchev–Trinajstić information content (AvgIpc) is 2.50. The van der Waals surface area contributed by atoms with Crippen molar-refractivity contribution in [1.82, 2.24) is 0 Å². The molecule has 0 aliphatic carbocycles. The van der Waals surface area contributed by atoms with E-state index in [9.17, 15) is 4.79 Å². The molecule has 1 N–H and O–H groups in total. The highest BCUT2D eigenvalue weighted by Crippen LogP contribution is 2.23. The van der Waals surface area contributed by atoms with Gasteiger partial charge < -0.3 is 9.84 Å². The number of carbonyl (C=O) groups excluding carboxylic acids is 1. The highest BCUT2D eigenvalue weighted by atomic mass is 79.9. The normalized spacial score (nSPS) is 12.3. The van der Waals surface area contributed by atoms with Gasteiger partial charge in [0.1, 0.15) is 6.61 Å². The van der Waals surface area contributed by atoms with E-state index in [1.165, 1.54) is 0 Å². The fourth-order valence-corrected chi connectivity index (χ4v) is 2.24. The number of hydrogen-bond donors (Lipinski definition) is 1. The fraction of sp³-hybridized carbons (Fsp3) is 0.312. The van der Waals surface area contributed by atoms with Gasteiger partial charge in [-0.1, -0.05) is 46.3 Å². The quantitative estimate of drug-likeness (QED) is 0.672. The topological polar surface area (TPSA) is 46.5 Å². The van der Waals surface area contributed by atoms with E-state index in [1.807, 2.05) is 43.3 Å². The van der Waals surface area contributed by atoms with Gasteiger partial charge in [-0.05, 0) is 34.9 Å². The van der Waals surface area contributed by atoms with Gasteiger partial charge in [0.05, 0.1) is 12.5 Å². The first kappa shape index (κ1) is 15.0. The minimum absolute atomic E-state index is 0.0347. The fourth-order valence-electron chi connectivity index (χ4n) is 2.08. The molecule has 20 heavy (non-hydrogen) atoms. The van der Waals surface area contributed by atoms with E-state index in [0.29, 0.717) is 11.9 Å². The highest BCUT2D eigenvalue weighted by molar-refractivity contribution is 9.09. The maximum atomic E-state index is 11.9. The predicted octanol–water partition coefficient (Wildman–Crippen LogP) is 3.37. The van der Waals surface area contributed by atoms with Crippen LogP contribution in [0, 0.1) is 0 Å². The number of fused-ring (bicyclic) bond motifs is 1. The van der Waals surface area contributed by atoms with Crippen LogP contribution in [0.2, 0.25) is 0 Å². The number of hydrogen-bond acceptors (Lipinski definition) is 3. The summed E-state index contributed by atoms with van der Waals surface area (Å²) in [5.74, 6) is -0.494. The zero-order chi connectivity index (χ0) is 14.5. The zero-order valence-electron chi connectivity index (χ0n) is 11.3. The SMILES string of the molecule is CC(C(=O)OCCBr)c1ccc2cc(CO)ccc2c1. The second kappa shape index (κ2) is 6.86. The lowest BCUT2D eigenvalue weighted by molar-refractivity contribution is -0.144.